The van der Waals surface area contributed by atoms with Crippen molar-refractivity contribution in [3.63, 3.8) is 0 Å². The van der Waals surface area contributed by atoms with E-state index in [0.29, 0.717) is 11.0 Å². The molecule has 1 unspecified atom stereocenters. The number of hydrazine groups is 1. The zero-order valence-electron chi connectivity index (χ0n) is 9.99. The first-order valence-electron chi connectivity index (χ1n) is 5.95. The zero-order valence-corrected chi connectivity index (χ0v) is 10.7. The van der Waals surface area contributed by atoms with Crippen molar-refractivity contribution in [2.75, 3.05) is 23.4 Å². The third-order valence-electron chi connectivity index (χ3n) is 3.17. The van der Waals surface area contributed by atoms with Crippen LogP contribution in [0.15, 0.2) is 6.20 Å². The molecule has 1 fully saturated rings. The van der Waals surface area contributed by atoms with E-state index >= 15 is 0 Å². The summed E-state index contributed by atoms with van der Waals surface area (Å²) in [5.74, 6) is 7.27. The van der Waals surface area contributed by atoms with E-state index in [1.165, 1.54) is 19.3 Å². The number of aromatic nitrogens is 2. The summed E-state index contributed by atoms with van der Waals surface area (Å²) >= 11 is 6.14. The van der Waals surface area contributed by atoms with Crippen molar-refractivity contribution < 1.29 is 0 Å². The van der Waals surface area contributed by atoms with Crippen LogP contribution >= 0.6 is 11.6 Å². The second kappa shape index (κ2) is 5.51. The third-order valence-corrected chi connectivity index (χ3v) is 3.44. The van der Waals surface area contributed by atoms with Gasteiger partial charge in [0.1, 0.15) is 5.02 Å². The van der Waals surface area contributed by atoms with Gasteiger partial charge >= 0.3 is 0 Å². The van der Waals surface area contributed by atoms with E-state index in [1.54, 1.807) is 6.20 Å². The summed E-state index contributed by atoms with van der Waals surface area (Å²) in [6.07, 6.45) is 5.20. The molecule has 2 heterocycles. The van der Waals surface area contributed by atoms with Gasteiger partial charge in [0.15, 0.2) is 5.82 Å². The molecular formula is C11H18ClN5. The molecule has 0 aromatic carbocycles. The molecule has 0 saturated carbocycles. The highest BCUT2D eigenvalue weighted by Crippen LogP contribution is 2.27. The van der Waals surface area contributed by atoms with Crippen LogP contribution in [0.25, 0.3) is 0 Å². The maximum Gasteiger partial charge on any atom is 0.239 e. The first-order chi connectivity index (χ1) is 8.20. The standard InChI is InChI=1S/C11H18ClN5/c1-8-3-2-5-17(6-4-8)10-9(12)7-14-11(15-10)16-13/h7-8H,2-6,13H2,1H3,(H,14,15,16). The number of rotatable bonds is 2. The molecule has 5 nitrogen and oxygen atoms in total. The molecular weight excluding hydrogens is 238 g/mol. The van der Waals surface area contributed by atoms with Crippen molar-refractivity contribution in [1.82, 2.24) is 9.97 Å². The van der Waals surface area contributed by atoms with E-state index in [0.717, 1.165) is 24.8 Å². The van der Waals surface area contributed by atoms with Gasteiger partial charge in [-0.3, -0.25) is 5.43 Å². The van der Waals surface area contributed by atoms with E-state index in [1.807, 2.05) is 0 Å². The largest absolute Gasteiger partial charge is 0.355 e. The fourth-order valence-electron chi connectivity index (χ4n) is 2.12. The lowest BCUT2D eigenvalue weighted by Gasteiger charge is -2.22. The molecule has 94 valence electrons. The summed E-state index contributed by atoms with van der Waals surface area (Å²) < 4.78 is 0. The highest BCUT2D eigenvalue weighted by Gasteiger charge is 2.18. The van der Waals surface area contributed by atoms with E-state index in [-0.39, 0.29) is 0 Å². The molecule has 17 heavy (non-hydrogen) atoms. The number of halogens is 1. The van der Waals surface area contributed by atoms with Crippen LogP contribution in [0.3, 0.4) is 0 Å². The molecule has 2 rings (SSSR count). The predicted molar refractivity (Wildman–Crippen MR) is 70.1 cm³/mol. The highest BCUT2D eigenvalue weighted by atomic mass is 35.5. The van der Waals surface area contributed by atoms with Crippen LogP contribution in [-0.4, -0.2) is 23.1 Å². The van der Waals surface area contributed by atoms with Crippen molar-refractivity contribution >= 4 is 23.4 Å². The van der Waals surface area contributed by atoms with Gasteiger partial charge in [-0.1, -0.05) is 18.5 Å². The van der Waals surface area contributed by atoms with E-state index in [9.17, 15) is 0 Å². The van der Waals surface area contributed by atoms with Crippen LogP contribution in [0.4, 0.5) is 11.8 Å². The average Bonchev–Trinajstić information content (AvgIpc) is 2.55. The van der Waals surface area contributed by atoms with Crippen molar-refractivity contribution in [3.8, 4) is 0 Å². The van der Waals surface area contributed by atoms with E-state index in [2.05, 4.69) is 27.2 Å². The summed E-state index contributed by atoms with van der Waals surface area (Å²) in [6.45, 7) is 4.27. The normalized spacial score (nSPS) is 21.1. The molecule has 1 aromatic heterocycles. The van der Waals surface area contributed by atoms with Gasteiger partial charge in [-0.25, -0.2) is 10.8 Å². The van der Waals surface area contributed by atoms with Gasteiger partial charge in [-0.2, -0.15) is 4.98 Å². The fourth-order valence-corrected chi connectivity index (χ4v) is 2.33. The number of hydrogen-bond donors (Lipinski definition) is 2. The van der Waals surface area contributed by atoms with E-state index < -0.39 is 0 Å². The minimum absolute atomic E-state index is 0.404. The summed E-state index contributed by atoms with van der Waals surface area (Å²) in [5.41, 5.74) is 2.45. The average molecular weight is 256 g/mol. The Morgan fingerprint density at radius 3 is 3.06 bits per heavy atom. The molecule has 1 aromatic rings. The first-order valence-corrected chi connectivity index (χ1v) is 6.32. The highest BCUT2D eigenvalue weighted by molar-refractivity contribution is 6.32. The Morgan fingerprint density at radius 2 is 2.29 bits per heavy atom. The van der Waals surface area contributed by atoms with Crippen molar-refractivity contribution in [3.05, 3.63) is 11.2 Å². The van der Waals surface area contributed by atoms with Crippen LogP contribution in [-0.2, 0) is 0 Å². The molecule has 3 N–H and O–H groups in total. The second-order valence-electron chi connectivity index (χ2n) is 4.53. The Hall–Kier alpha value is -1.07. The topological polar surface area (TPSA) is 67.1 Å². The Morgan fingerprint density at radius 1 is 1.47 bits per heavy atom. The van der Waals surface area contributed by atoms with Gasteiger partial charge in [-0.05, 0) is 25.2 Å². The lowest BCUT2D eigenvalue weighted by Crippen LogP contribution is -2.26. The molecule has 0 bridgehead atoms. The minimum Gasteiger partial charge on any atom is -0.355 e. The van der Waals surface area contributed by atoms with Crippen LogP contribution in [0.1, 0.15) is 26.2 Å². The number of hydrogen-bond acceptors (Lipinski definition) is 5. The van der Waals surface area contributed by atoms with Gasteiger partial charge in [0.25, 0.3) is 0 Å². The lowest BCUT2D eigenvalue weighted by molar-refractivity contribution is 0.521. The Labute approximate surface area is 106 Å². The Kier molecular flexibility index (Phi) is 4.02. The van der Waals surface area contributed by atoms with Crippen LogP contribution < -0.4 is 16.2 Å². The van der Waals surface area contributed by atoms with Crippen molar-refractivity contribution in [2.24, 2.45) is 11.8 Å². The first kappa shape index (κ1) is 12.4. The molecule has 1 aliphatic heterocycles. The molecule has 0 radical (unpaired) electrons. The Balaban J connectivity index is 2.20. The lowest BCUT2D eigenvalue weighted by atomic mass is 10.0. The summed E-state index contributed by atoms with van der Waals surface area (Å²) in [5, 5.41) is 0.582. The number of nitrogens with two attached hydrogens (primary N) is 1. The van der Waals surface area contributed by atoms with Crippen LogP contribution in [0, 0.1) is 5.92 Å². The number of nitrogen functional groups attached to an aromatic ring is 1. The number of nitrogens with one attached hydrogen (secondary N) is 1. The monoisotopic (exact) mass is 255 g/mol. The molecule has 1 saturated heterocycles. The SMILES string of the molecule is CC1CCCN(c2nc(NN)ncc2Cl)CC1. The Bertz CT molecular complexity index is 384. The van der Waals surface area contributed by atoms with Crippen LogP contribution in [0.2, 0.25) is 5.02 Å². The molecule has 1 atom stereocenters. The maximum atomic E-state index is 6.14. The van der Waals surface area contributed by atoms with Gasteiger partial charge in [-0.15, -0.1) is 0 Å². The van der Waals surface area contributed by atoms with Gasteiger partial charge in [0.2, 0.25) is 5.95 Å². The summed E-state index contributed by atoms with van der Waals surface area (Å²) in [7, 11) is 0. The second-order valence-corrected chi connectivity index (χ2v) is 4.94. The molecule has 0 spiro atoms. The number of nitrogens with zero attached hydrogens (tertiary/aromatic N) is 3. The van der Waals surface area contributed by atoms with Crippen molar-refractivity contribution in [2.45, 2.75) is 26.2 Å². The van der Waals surface area contributed by atoms with Crippen LogP contribution in [0.5, 0.6) is 0 Å². The summed E-state index contributed by atoms with van der Waals surface area (Å²) in [4.78, 5) is 10.5. The predicted octanol–water partition coefficient (Wildman–Crippen LogP) is 2.04. The fraction of sp³-hybridized carbons (Fsp3) is 0.636. The third kappa shape index (κ3) is 2.98. The van der Waals surface area contributed by atoms with Gasteiger partial charge in [0.05, 0.1) is 6.20 Å². The van der Waals surface area contributed by atoms with Gasteiger partial charge in [0, 0.05) is 13.1 Å². The van der Waals surface area contributed by atoms with Gasteiger partial charge < -0.3 is 4.90 Å². The zero-order chi connectivity index (χ0) is 12.3. The molecule has 0 aliphatic carbocycles. The number of anilines is 2. The maximum absolute atomic E-state index is 6.14. The minimum atomic E-state index is 0.404. The quantitative estimate of drug-likeness (QED) is 0.625. The smallest absolute Gasteiger partial charge is 0.239 e. The molecule has 1 aliphatic rings. The summed E-state index contributed by atoms with van der Waals surface area (Å²) in [6, 6.07) is 0. The molecule has 0 amide bonds. The molecule has 6 heteroatoms. The van der Waals surface area contributed by atoms with E-state index in [4.69, 9.17) is 17.4 Å². The van der Waals surface area contributed by atoms with Crippen molar-refractivity contribution in [1.29, 1.82) is 0 Å².